The van der Waals surface area contributed by atoms with Crippen molar-refractivity contribution in [2.24, 2.45) is 5.73 Å². The summed E-state index contributed by atoms with van der Waals surface area (Å²) in [5.41, 5.74) is 6.63. The summed E-state index contributed by atoms with van der Waals surface area (Å²) in [4.78, 5) is 11.3. The van der Waals surface area contributed by atoms with Gasteiger partial charge in [-0.1, -0.05) is 6.07 Å². The van der Waals surface area contributed by atoms with Gasteiger partial charge >= 0.3 is 5.97 Å². The van der Waals surface area contributed by atoms with Gasteiger partial charge in [-0.3, -0.25) is 4.79 Å². The Morgan fingerprint density at radius 1 is 1.47 bits per heavy atom. The second-order valence-corrected chi connectivity index (χ2v) is 3.83. The molecule has 1 aromatic rings. The number of rotatable bonds is 4. The van der Waals surface area contributed by atoms with Crippen LogP contribution in [0.2, 0.25) is 0 Å². The van der Waals surface area contributed by atoms with Crippen molar-refractivity contribution in [3.63, 3.8) is 0 Å². The van der Waals surface area contributed by atoms with Gasteiger partial charge in [-0.2, -0.15) is 0 Å². The standard InChI is InChI=1S/C12H15NO4/c1-15-12(14)5-9(6-13)8-2-3-10-11(4-8)17-7-16-10/h2-4,9H,5-7,13H2,1H3. The zero-order valence-electron chi connectivity index (χ0n) is 9.64. The fraction of sp³-hybridized carbons (Fsp3) is 0.417. The van der Waals surface area contributed by atoms with E-state index in [0.717, 1.165) is 11.3 Å². The number of hydrogen-bond donors (Lipinski definition) is 1. The molecule has 1 aliphatic rings. The van der Waals surface area contributed by atoms with E-state index in [2.05, 4.69) is 4.74 Å². The average molecular weight is 237 g/mol. The lowest BCUT2D eigenvalue weighted by Crippen LogP contribution is -2.17. The van der Waals surface area contributed by atoms with Gasteiger partial charge in [0.2, 0.25) is 6.79 Å². The summed E-state index contributed by atoms with van der Waals surface area (Å²) in [6.07, 6.45) is 0.270. The number of esters is 1. The summed E-state index contributed by atoms with van der Waals surface area (Å²) >= 11 is 0. The molecule has 2 N–H and O–H groups in total. The summed E-state index contributed by atoms with van der Waals surface area (Å²) in [5.74, 6) is 1.10. The second-order valence-electron chi connectivity index (χ2n) is 3.83. The average Bonchev–Trinajstić information content (AvgIpc) is 2.82. The third-order valence-electron chi connectivity index (χ3n) is 2.79. The molecule has 1 atom stereocenters. The third-order valence-corrected chi connectivity index (χ3v) is 2.79. The number of methoxy groups -OCH3 is 1. The van der Waals surface area contributed by atoms with Gasteiger partial charge in [-0.15, -0.1) is 0 Å². The first kappa shape index (κ1) is 11.7. The van der Waals surface area contributed by atoms with Crippen LogP contribution in [0, 0.1) is 0 Å². The maximum atomic E-state index is 11.3. The third kappa shape index (κ3) is 2.50. The smallest absolute Gasteiger partial charge is 0.306 e. The molecule has 1 unspecified atom stereocenters. The first-order chi connectivity index (χ1) is 8.24. The molecule has 0 saturated carbocycles. The predicted octanol–water partition coefficient (Wildman–Crippen LogP) is 1.02. The highest BCUT2D eigenvalue weighted by Crippen LogP contribution is 2.35. The zero-order chi connectivity index (χ0) is 12.3. The van der Waals surface area contributed by atoms with Crippen LogP contribution in [0.25, 0.3) is 0 Å². The van der Waals surface area contributed by atoms with Crippen LogP contribution >= 0.6 is 0 Å². The number of carbonyl (C=O) groups excluding carboxylic acids is 1. The van der Waals surface area contributed by atoms with E-state index in [1.807, 2.05) is 18.2 Å². The lowest BCUT2D eigenvalue weighted by Gasteiger charge is -2.14. The van der Waals surface area contributed by atoms with Gasteiger partial charge in [0.15, 0.2) is 11.5 Å². The van der Waals surface area contributed by atoms with Crippen molar-refractivity contribution in [1.29, 1.82) is 0 Å². The van der Waals surface area contributed by atoms with Crippen LogP contribution < -0.4 is 15.2 Å². The molecule has 2 rings (SSSR count). The van der Waals surface area contributed by atoms with Crippen molar-refractivity contribution in [2.75, 3.05) is 20.4 Å². The molecule has 1 aromatic carbocycles. The molecule has 0 fully saturated rings. The van der Waals surface area contributed by atoms with Gasteiger partial charge in [-0.25, -0.2) is 0 Å². The second kappa shape index (κ2) is 5.05. The molecule has 0 amide bonds. The summed E-state index contributed by atoms with van der Waals surface area (Å²) < 4.78 is 15.2. The number of nitrogens with two attached hydrogens (primary N) is 1. The molecule has 5 nitrogen and oxygen atoms in total. The van der Waals surface area contributed by atoms with Crippen molar-refractivity contribution < 1.29 is 19.0 Å². The first-order valence-corrected chi connectivity index (χ1v) is 5.41. The Morgan fingerprint density at radius 3 is 2.94 bits per heavy atom. The Hall–Kier alpha value is -1.75. The Kier molecular flexibility index (Phi) is 3.49. The van der Waals surface area contributed by atoms with Crippen LogP contribution in [0.15, 0.2) is 18.2 Å². The van der Waals surface area contributed by atoms with E-state index in [1.54, 1.807) is 0 Å². The lowest BCUT2D eigenvalue weighted by atomic mass is 9.95. The SMILES string of the molecule is COC(=O)CC(CN)c1ccc2c(c1)OCO2. The van der Waals surface area contributed by atoms with Crippen molar-refractivity contribution in [2.45, 2.75) is 12.3 Å². The van der Waals surface area contributed by atoms with Crippen LogP contribution in [0.1, 0.15) is 17.9 Å². The first-order valence-electron chi connectivity index (χ1n) is 5.41. The van der Waals surface area contributed by atoms with Crippen LogP contribution in [-0.2, 0) is 9.53 Å². The summed E-state index contributed by atoms with van der Waals surface area (Å²) in [6.45, 7) is 0.623. The van der Waals surface area contributed by atoms with E-state index < -0.39 is 0 Å². The summed E-state index contributed by atoms with van der Waals surface area (Å²) in [5, 5.41) is 0. The largest absolute Gasteiger partial charge is 0.469 e. The van der Waals surface area contributed by atoms with Gasteiger partial charge < -0.3 is 19.9 Å². The minimum atomic E-state index is -0.266. The Labute approximate surface area is 99.5 Å². The van der Waals surface area contributed by atoms with E-state index >= 15 is 0 Å². The summed E-state index contributed by atoms with van der Waals surface area (Å²) in [6, 6.07) is 5.59. The minimum Gasteiger partial charge on any atom is -0.469 e. The fourth-order valence-electron chi connectivity index (χ4n) is 1.79. The van der Waals surface area contributed by atoms with Gasteiger partial charge in [-0.05, 0) is 24.2 Å². The van der Waals surface area contributed by atoms with Gasteiger partial charge in [0, 0.05) is 5.92 Å². The molecule has 92 valence electrons. The van der Waals surface area contributed by atoms with Crippen molar-refractivity contribution in [1.82, 2.24) is 0 Å². The maximum Gasteiger partial charge on any atom is 0.306 e. The van der Waals surface area contributed by atoms with Gasteiger partial charge in [0.25, 0.3) is 0 Å². The molecule has 0 aromatic heterocycles. The zero-order valence-corrected chi connectivity index (χ0v) is 9.64. The van der Waals surface area contributed by atoms with E-state index in [-0.39, 0.29) is 25.1 Å². The molecule has 1 aliphatic heterocycles. The van der Waals surface area contributed by atoms with Crippen LogP contribution in [0.3, 0.4) is 0 Å². The highest BCUT2D eigenvalue weighted by Gasteiger charge is 2.19. The quantitative estimate of drug-likeness (QED) is 0.792. The predicted molar refractivity (Wildman–Crippen MR) is 61.0 cm³/mol. The normalized spacial score (nSPS) is 14.5. The van der Waals surface area contributed by atoms with E-state index in [1.165, 1.54) is 7.11 Å². The van der Waals surface area contributed by atoms with Gasteiger partial charge in [0.05, 0.1) is 13.5 Å². The molecular formula is C12H15NO4. The van der Waals surface area contributed by atoms with Crippen LogP contribution in [0.4, 0.5) is 0 Å². The molecule has 1 heterocycles. The van der Waals surface area contributed by atoms with Crippen LogP contribution in [-0.4, -0.2) is 26.4 Å². The Bertz CT molecular complexity index is 419. The van der Waals surface area contributed by atoms with Gasteiger partial charge in [0.1, 0.15) is 0 Å². The molecular weight excluding hydrogens is 222 g/mol. The maximum absolute atomic E-state index is 11.3. The molecule has 0 bridgehead atoms. The fourth-order valence-corrected chi connectivity index (χ4v) is 1.79. The highest BCUT2D eigenvalue weighted by molar-refractivity contribution is 5.70. The number of benzene rings is 1. The monoisotopic (exact) mass is 237 g/mol. The molecule has 5 heteroatoms. The lowest BCUT2D eigenvalue weighted by molar-refractivity contribution is -0.141. The van der Waals surface area contributed by atoms with E-state index in [0.29, 0.717) is 12.3 Å². The molecule has 0 spiro atoms. The number of carbonyl (C=O) groups is 1. The molecule has 0 aliphatic carbocycles. The molecule has 0 radical (unpaired) electrons. The Morgan fingerprint density at radius 2 is 2.24 bits per heavy atom. The minimum absolute atomic E-state index is 0.0584. The highest BCUT2D eigenvalue weighted by atomic mass is 16.7. The number of fused-ring (bicyclic) bond motifs is 1. The molecule has 0 saturated heterocycles. The number of ether oxygens (including phenoxy) is 3. The van der Waals surface area contributed by atoms with Crippen molar-refractivity contribution in [3.8, 4) is 11.5 Å². The van der Waals surface area contributed by atoms with E-state index in [4.69, 9.17) is 15.2 Å². The van der Waals surface area contributed by atoms with E-state index in [9.17, 15) is 4.79 Å². The van der Waals surface area contributed by atoms with Crippen LogP contribution in [0.5, 0.6) is 11.5 Å². The summed E-state index contributed by atoms with van der Waals surface area (Å²) in [7, 11) is 1.37. The van der Waals surface area contributed by atoms with Crippen molar-refractivity contribution in [3.05, 3.63) is 23.8 Å². The Balaban J connectivity index is 2.16. The molecule has 17 heavy (non-hydrogen) atoms. The topological polar surface area (TPSA) is 70.8 Å². The number of hydrogen-bond acceptors (Lipinski definition) is 5. The van der Waals surface area contributed by atoms with Crippen molar-refractivity contribution >= 4 is 5.97 Å².